The number of halogens is 3. The molecule has 1 N–H and O–H groups in total. The second kappa shape index (κ2) is 10.6. The molecular weight excluding hydrogens is 487 g/mol. The van der Waals surface area contributed by atoms with E-state index >= 15 is 0 Å². The molecule has 10 heteroatoms. The standard InChI is InChI=1S/C26H28F3N5OS/c27-26(28,29)19-6-3-7-20(18-19)33-12-4-9-22(33)24-23(21-8-1-2-10-30-21)31-25(36)34(24)13-5-11-32-14-16-35-17-15-32/h1-4,6-10,12,18,23-24H,5,11,13-17H2,(H,31,36)/t23-,24-/m0/s1. The van der Waals surface area contributed by atoms with E-state index in [1.807, 2.05) is 34.9 Å². The van der Waals surface area contributed by atoms with Crippen LogP contribution in [0.1, 0.15) is 35.5 Å². The molecule has 2 atom stereocenters. The molecule has 2 aromatic heterocycles. The first kappa shape index (κ1) is 24.7. The Labute approximate surface area is 213 Å². The van der Waals surface area contributed by atoms with Crippen LogP contribution >= 0.6 is 12.2 Å². The number of nitrogens with one attached hydrogen (secondary N) is 1. The van der Waals surface area contributed by atoms with Gasteiger partial charge in [0.15, 0.2) is 5.11 Å². The molecule has 5 rings (SSSR count). The minimum atomic E-state index is -4.41. The highest BCUT2D eigenvalue weighted by molar-refractivity contribution is 7.80. The highest BCUT2D eigenvalue weighted by Crippen LogP contribution is 2.40. The summed E-state index contributed by atoms with van der Waals surface area (Å²) in [5, 5.41) is 4.05. The van der Waals surface area contributed by atoms with Crippen molar-refractivity contribution in [1.82, 2.24) is 24.7 Å². The van der Waals surface area contributed by atoms with Crippen LogP contribution in [0.25, 0.3) is 5.69 Å². The maximum atomic E-state index is 13.4. The van der Waals surface area contributed by atoms with Crippen molar-refractivity contribution in [2.45, 2.75) is 24.7 Å². The fourth-order valence-electron chi connectivity index (χ4n) is 4.96. The highest BCUT2D eigenvalue weighted by atomic mass is 32.1. The number of benzene rings is 1. The van der Waals surface area contributed by atoms with E-state index in [4.69, 9.17) is 17.0 Å². The predicted molar refractivity (Wildman–Crippen MR) is 135 cm³/mol. The maximum absolute atomic E-state index is 13.4. The minimum Gasteiger partial charge on any atom is -0.379 e. The van der Waals surface area contributed by atoms with E-state index < -0.39 is 11.7 Å². The zero-order chi connectivity index (χ0) is 25.1. The van der Waals surface area contributed by atoms with Gasteiger partial charge in [-0.25, -0.2) is 0 Å². The molecule has 0 saturated carbocycles. The van der Waals surface area contributed by atoms with Crippen molar-refractivity contribution in [3.8, 4) is 5.69 Å². The van der Waals surface area contributed by atoms with E-state index in [1.54, 1.807) is 18.5 Å². The Hall–Kier alpha value is -2.95. The van der Waals surface area contributed by atoms with Crippen LogP contribution in [0.3, 0.4) is 0 Å². The topological polar surface area (TPSA) is 45.6 Å². The SMILES string of the molecule is FC(F)(F)c1cccc(-n2cccc2[C@H]2[C@H](c3ccccn3)NC(=S)N2CCCN2CCOCC2)c1. The van der Waals surface area contributed by atoms with E-state index in [9.17, 15) is 13.2 Å². The molecule has 1 aromatic carbocycles. The molecule has 0 amide bonds. The van der Waals surface area contributed by atoms with Crippen molar-refractivity contribution >= 4 is 17.3 Å². The highest BCUT2D eigenvalue weighted by Gasteiger charge is 2.41. The van der Waals surface area contributed by atoms with Crippen LogP contribution in [0.15, 0.2) is 67.0 Å². The van der Waals surface area contributed by atoms with E-state index in [-0.39, 0.29) is 12.1 Å². The number of hydrogen-bond donors (Lipinski definition) is 1. The molecule has 0 unspecified atom stereocenters. The lowest BCUT2D eigenvalue weighted by atomic mass is 10.0. The van der Waals surface area contributed by atoms with Crippen LogP contribution in [0, 0.1) is 0 Å². The van der Waals surface area contributed by atoms with Crippen molar-refractivity contribution in [3.63, 3.8) is 0 Å². The molecule has 6 nitrogen and oxygen atoms in total. The van der Waals surface area contributed by atoms with Gasteiger partial charge in [-0.15, -0.1) is 0 Å². The number of morpholine rings is 1. The van der Waals surface area contributed by atoms with Gasteiger partial charge in [0.1, 0.15) is 0 Å². The predicted octanol–water partition coefficient (Wildman–Crippen LogP) is 4.59. The van der Waals surface area contributed by atoms with Crippen LogP contribution in [-0.4, -0.2) is 63.9 Å². The first-order chi connectivity index (χ1) is 17.4. The van der Waals surface area contributed by atoms with Crippen LogP contribution in [0.2, 0.25) is 0 Å². The number of nitrogens with zero attached hydrogens (tertiary/aromatic N) is 4. The van der Waals surface area contributed by atoms with Crippen molar-refractivity contribution in [2.75, 3.05) is 39.4 Å². The van der Waals surface area contributed by atoms with Gasteiger partial charge in [-0.05, 0) is 61.1 Å². The van der Waals surface area contributed by atoms with E-state index in [2.05, 4.69) is 20.1 Å². The maximum Gasteiger partial charge on any atom is 0.416 e. The molecule has 2 saturated heterocycles. The summed E-state index contributed by atoms with van der Waals surface area (Å²) in [4.78, 5) is 9.09. The summed E-state index contributed by atoms with van der Waals surface area (Å²) in [6.45, 7) is 4.97. The van der Waals surface area contributed by atoms with Gasteiger partial charge >= 0.3 is 6.18 Å². The Bertz CT molecular complexity index is 1180. The van der Waals surface area contributed by atoms with Crippen LogP contribution < -0.4 is 5.32 Å². The number of thiocarbonyl (C=S) groups is 1. The van der Waals surface area contributed by atoms with Crippen LogP contribution in [0.4, 0.5) is 13.2 Å². The lowest BCUT2D eigenvalue weighted by molar-refractivity contribution is -0.137. The number of aromatic nitrogens is 2. The van der Waals surface area contributed by atoms with Gasteiger partial charge in [-0.2, -0.15) is 13.2 Å². The van der Waals surface area contributed by atoms with Crippen molar-refractivity contribution in [2.24, 2.45) is 0 Å². The number of ether oxygens (including phenoxy) is 1. The Morgan fingerprint density at radius 2 is 1.86 bits per heavy atom. The summed E-state index contributed by atoms with van der Waals surface area (Å²) in [7, 11) is 0. The zero-order valence-electron chi connectivity index (χ0n) is 19.7. The van der Waals surface area contributed by atoms with Crippen molar-refractivity contribution in [1.29, 1.82) is 0 Å². The average Bonchev–Trinajstić information content (AvgIpc) is 3.49. The van der Waals surface area contributed by atoms with E-state index in [0.29, 0.717) is 17.3 Å². The van der Waals surface area contributed by atoms with Crippen molar-refractivity contribution < 1.29 is 17.9 Å². The molecule has 0 spiro atoms. The largest absolute Gasteiger partial charge is 0.416 e. The molecule has 2 aliphatic rings. The molecule has 0 bridgehead atoms. The smallest absolute Gasteiger partial charge is 0.379 e. The minimum absolute atomic E-state index is 0.235. The molecule has 2 aliphatic heterocycles. The molecule has 36 heavy (non-hydrogen) atoms. The van der Waals surface area contributed by atoms with Gasteiger partial charge in [0.2, 0.25) is 0 Å². The van der Waals surface area contributed by atoms with Gasteiger partial charge in [0.25, 0.3) is 0 Å². The summed E-state index contributed by atoms with van der Waals surface area (Å²) in [5.74, 6) is 0. The fourth-order valence-corrected chi connectivity index (χ4v) is 5.29. The molecule has 190 valence electrons. The van der Waals surface area contributed by atoms with Gasteiger partial charge < -0.3 is 19.5 Å². The summed E-state index contributed by atoms with van der Waals surface area (Å²) in [6, 6.07) is 14.5. The Kier molecular flexibility index (Phi) is 7.27. The summed E-state index contributed by atoms with van der Waals surface area (Å²) in [6.07, 6.45) is 0.0248. The summed E-state index contributed by atoms with van der Waals surface area (Å²) >= 11 is 5.76. The Morgan fingerprint density at radius 3 is 2.61 bits per heavy atom. The molecule has 4 heterocycles. The fraction of sp³-hybridized carbons (Fsp3) is 0.385. The molecular formula is C26H28F3N5OS. The first-order valence-corrected chi connectivity index (χ1v) is 12.5. The Balaban J connectivity index is 1.47. The van der Waals surface area contributed by atoms with Gasteiger partial charge in [-0.3, -0.25) is 9.88 Å². The first-order valence-electron chi connectivity index (χ1n) is 12.0. The van der Waals surface area contributed by atoms with E-state index in [1.165, 1.54) is 12.1 Å². The van der Waals surface area contributed by atoms with Crippen LogP contribution in [-0.2, 0) is 10.9 Å². The lowest BCUT2D eigenvalue weighted by Crippen LogP contribution is -2.39. The summed E-state index contributed by atoms with van der Waals surface area (Å²) < 4.78 is 47.6. The van der Waals surface area contributed by atoms with E-state index in [0.717, 1.165) is 56.7 Å². The number of rotatable bonds is 7. The average molecular weight is 516 g/mol. The third kappa shape index (κ3) is 5.25. The third-order valence-electron chi connectivity index (χ3n) is 6.71. The molecule has 3 aromatic rings. The second-order valence-corrected chi connectivity index (χ2v) is 9.37. The van der Waals surface area contributed by atoms with Gasteiger partial charge in [0, 0.05) is 50.0 Å². The monoisotopic (exact) mass is 515 g/mol. The number of pyridine rings is 1. The zero-order valence-corrected chi connectivity index (χ0v) is 20.5. The molecule has 0 radical (unpaired) electrons. The normalized spacial score (nSPS) is 21.1. The lowest BCUT2D eigenvalue weighted by Gasteiger charge is -2.31. The Morgan fingerprint density at radius 1 is 1.03 bits per heavy atom. The van der Waals surface area contributed by atoms with Gasteiger partial charge in [0.05, 0.1) is 36.6 Å². The van der Waals surface area contributed by atoms with Crippen molar-refractivity contribution in [3.05, 3.63) is 83.9 Å². The number of hydrogen-bond acceptors (Lipinski definition) is 4. The van der Waals surface area contributed by atoms with Gasteiger partial charge in [-0.1, -0.05) is 12.1 Å². The molecule has 2 fully saturated rings. The quantitative estimate of drug-likeness (QED) is 0.465. The second-order valence-electron chi connectivity index (χ2n) is 8.98. The molecule has 0 aliphatic carbocycles. The van der Waals surface area contributed by atoms with Crippen LogP contribution in [0.5, 0.6) is 0 Å². The third-order valence-corrected chi connectivity index (χ3v) is 7.06. The number of alkyl halides is 3. The summed E-state index contributed by atoms with van der Waals surface area (Å²) in [5.41, 5.74) is 1.46.